The van der Waals surface area contributed by atoms with Crippen LogP contribution < -0.4 is 0 Å². The van der Waals surface area contributed by atoms with Gasteiger partial charge in [-0.3, -0.25) is 4.79 Å². The van der Waals surface area contributed by atoms with E-state index in [4.69, 9.17) is 0 Å². The van der Waals surface area contributed by atoms with Crippen molar-refractivity contribution in [1.29, 1.82) is 0 Å². The maximum atomic E-state index is 11.3. The van der Waals surface area contributed by atoms with E-state index < -0.39 is 0 Å². The lowest BCUT2D eigenvalue weighted by atomic mass is 9.31. The second-order valence-electron chi connectivity index (χ2n) is 7.63. The maximum Gasteiger partial charge on any atom is 0.145 e. The Morgan fingerprint density at radius 3 is 2.41 bits per heavy atom. The molecule has 0 aromatic heterocycles. The number of rotatable bonds is 3. The Labute approximate surface area is 105 Å². The van der Waals surface area contributed by atoms with Gasteiger partial charge in [-0.05, 0) is 60.3 Å². The average Bonchev–Trinajstić information content (AvgIpc) is 2.13. The summed E-state index contributed by atoms with van der Waals surface area (Å²) in [6.07, 6.45) is 9.98. The van der Waals surface area contributed by atoms with Crippen molar-refractivity contribution in [2.45, 2.75) is 65.7 Å². The van der Waals surface area contributed by atoms with Crippen molar-refractivity contribution in [3.05, 3.63) is 11.1 Å². The summed E-state index contributed by atoms with van der Waals surface area (Å²) in [5, 5.41) is 0. The van der Waals surface area contributed by atoms with Gasteiger partial charge in [0.15, 0.2) is 0 Å². The first-order chi connectivity index (χ1) is 7.94. The van der Waals surface area contributed by atoms with Gasteiger partial charge in [-0.1, -0.05) is 32.8 Å². The number of carbonyl (C=O) groups is 1. The third-order valence-electron chi connectivity index (χ3n) is 5.79. The molecule has 1 nitrogen and oxygen atoms in total. The second-order valence-corrected chi connectivity index (χ2v) is 7.63. The van der Waals surface area contributed by atoms with Crippen LogP contribution >= 0.6 is 0 Å². The molecule has 4 aliphatic carbocycles. The van der Waals surface area contributed by atoms with Crippen LogP contribution in [0.5, 0.6) is 0 Å². The molecule has 0 atom stereocenters. The van der Waals surface area contributed by atoms with Crippen molar-refractivity contribution in [3.8, 4) is 0 Å². The molecule has 0 N–H and O–H groups in total. The summed E-state index contributed by atoms with van der Waals surface area (Å²) in [5.74, 6) is 0. The lowest BCUT2D eigenvalue weighted by Crippen LogP contribution is -2.62. The highest BCUT2D eigenvalue weighted by molar-refractivity contribution is 5.76. The van der Waals surface area contributed by atoms with Gasteiger partial charge in [0, 0.05) is 0 Å². The van der Waals surface area contributed by atoms with E-state index in [9.17, 15) is 4.79 Å². The third-order valence-corrected chi connectivity index (χ3v) is 5.79. The molecule has 0 radical (unpaired) electrons. The smallest absolute Gasteiger partial charge is 0.145 e. The fourth-order valence-corrected chi connectivity index (χ4v) is 4.66. The molecular weight excluding hydrogens is 208 g/mol. The van der Waals surface area contributed by atoms with Crippen LogP contribution in [0.4, 0.5) is 0 Å². The van der Waals surface area contributed by atoms with Gasteiger partial charge >= 0.3 is 0 Å². The van der Waals surface area contributed by atoms with Gasteiger partial charge in [0.1, 0.15) is 6.29 Å². The first kappa shape index (κ1) is 11.5. The third kappa shape index (κ3) is 1.47. The largest absolute Gasteiger partial charge is 0.298 e. The van der Waals surface area contributed by atoms with E-state index in [1.165, 1.54) is 38.5 Å². The number of allylic oxidation sites excluding steroid dienone is 2. The Kier molecular flexibility index (Phi) is 2.19. The van der Waals surface area contributed by atoms with Gasteiger partial charge in [-0.15, -0.1) is 0 Å². The Balaban J connectivity index is 1.86. The van der Waals surface area contributed by atoms with Gasteiger partial charge in [-0.2, -0.15) is 0 Å². The summed E-state index contributed by atoms with van der Waals surface area (Å²) >= 11 is 0. The fraction of sp³-hybridized carbons (Fsp3) is 0.812. The molecule has 94 valence electrons. The summed E-state index contributed by atoms with van der Waals surface area (Å²) in [6.45, 7) is 7.04. The molecule has 0 saturated heterocycles. The predicted molar refractivity (Wildman–Crippen MR) is 69.7 cm³/mol. The Bertz CT molecular complexity index is 380. The van der Waals surface area contributed by atoms with Crippen LogP contribution in [0.1, 0.15) is 65.7 Å². The molecule has 0 spiro atoms. The number of carbonyl (C=O) groups excluding carboxylic acids is 1. The highest BCUT2D eigenvalue weighted by Gasteiger charge is 2.68. The second kappa shape index (κ2) is 3.24. The van der Waals surface area contributed by atoms with Crippen LogP contribution in [0.25, 0.3) is 0 Å². The quantitative estimate of drug-likeness (QED) is 0.664. The molecule has 3 fully saturated rings. The molecule has 0 aliphatic heterocycles. The monoisotopic (exact) mass is 232 g/mol. The van der Waals surface area contributed by atoms with Crippen molar-refractivity contribution in [2.75, 3.05) is 0 Å². The Morgan fingerprint density at radius 2 is 1.88 bits per heavy atom. The maximum absolute atomic E-state index is 11.3. The number of hydrogen-bond acceptors (Lipinski definition) is 1. The molecule has 4 rings (SSSR count). The summed E-state index contributed by atoms with van der Waals surface area (Å²) in [4.78, 5) is 11.3. The summed E-state index contributed by atoms with van der Waals surface area (Å²) in [5.41, 5.74) is 4.29. The molecule has 0 heterocycles. The van der Waals surface area contributed by atoms with Crippen molar-refractivity contribution < 1.29 is 4.79 Å². The zero-order chi connectivity index (χ0) is 12.3. The Hall–Kier alpha value is -0.590. The van der Waals surface area contributed by atoms with Crippen LogP contribution in [0.3, 0.4) is 0 Å². The van der Waals surface area contributed by atoms with E-state index in [1.807, 2.05) is 0 Å². The van der Waals surface area contributed by atoms with Gasteiger partial charge < -0.3 is 0 Å². The molecule has 3 saturated carbocycles. The SMILES string of the molecule is CCC12CC(C3=C(C=O)CCC(C)(C)C3)(C1)C2. The molecule has 17 heavy (non-hydrogen) atoms. The molecule has 2 bridgehead atoms. The van der Waals surface area contributed by atoms with Crippen LogP contribution in [-0.4, -0.2) is 6.29 Å². The number of aldehydes is 1. The van der Waals surface area contributed by atoms with E-state index in [1.54, 1.807) is 5.57 Å². The van der Waals surface area contributed by atoms with Crippen LogP contribution in [-0.2, 0) is 4.79 Å². The van der Waals surface area contributed by atoms with E-state index in [2.05, 4.69) is 20.8 Å². The van der Waals surface area contributed by atoms with Crippen LogP contribution in [0.2, 0.25) is 0 Å². The van der Waals surface area contributed by atoms with Crippen molar-refractivity contribution in [2.24, 2.45) is 16.2 Å². The van der Waals surface area contributed by atoms with Crippen molar-refractivity contribution in [3.63, 3.8) is 0 Å². The fourth-order valence-electron chi connectivity index (χ4n) is 4.66. The summed E-state index contributed by atoms with van der Waals surface area (Å²) in [6, 6.07) is 0. The van der Waals surface area contributed by atoms with E-state index in [0.29, 0.717) is 16.2 Å². The highest BCUT2D eigenvalue weighted by atomic mass is 16.1. The van der Waals surface area contributed by atoms with Gasteiger partial charge in [-0.25, -0.2) is 0 Å². The van der Waals surface area contributed by atoms with Crippen molar-refractivity contribution >= 4 is 6.29 Å². The van der Waals surface area contributed by atoms with Crippen LogP contribution in [0.15, 0.2) is 11.1 Å². The molecule has 0 amide bonds. The first-order valence-corrected chi connectivity index (χ1v) is 7.12. The number of hydrogen-bond donors (Lipinski definition) is 0. The molecule has 0 aromatic rings. The van der Waals surface area contributed by atoms with Gasteiger partial charge in [0.05, 0.1) is 0 Å². The zero-order valence-corrected chi connectivity index (χ0v) is 11.4. The van der Waals surface area contributed by atoms with E-state index >= 15 is 0 Å². The minimum Gasteiger partial charge on any atom is -0.298 e. The molecule has 0 unspecified atom stereocenters. The molecular formula is C16H24O. The average molecular weight is 232 g/mol. The minimum absolute atomic E-state index is 0.413. The topological polar surface area (TPSA) is 17.1 Å². The minimum atomic E-state index is 0.413. The summed E-state index contributed by atoms with van der Waals surface area (Å²) in [7, 11) is 0. The standard InChI is InChI=1S/C16H24O/c1-4-15-9-16(10-15,11-15)13-7-14(2,3)6-5-12(13)8-17/h8H,4-7,9-11H2,1-3H3. The normalized spacial score (nSPS) is 42.8. The lowest BCUT2D eigenvalue weighted by molar-refractivity contribution is -0.182. The van der Waals surface area contributed by atoms with E-state index in [0.717, 1.165) is 18.3 Å². The molecule has 1 heteroatoms. The van der Waals surface area contributed by atoms with Crippen LogP contribution in [0, 0.1) is 16.2 Å². The van der Waals surface area contributed by atoms with Crippen molar-refractivity contribution in [1.82, 2.24) is 0 Å². The lowest BCUT2D eigenvalue weighted by Gasteiger charge is -2.73. The predicted octanol–water partition coefficient (Wildman–Crippen LogP) is 4.27. The molecule has 0 aromatic carbocycles. The summed E-state index contributed by atoms with van der Waals surface area (Å²) < 4.78 is 0. The first-order valence-electron chi connectivity index (χ1n) is 7.12. The zero-order valence-electron chi connectivity index (χ0n) is 11.4. The van der Waals surface area contributed by atoms with Gasteiger partial charge in [0.2, 0.25) is 0 Å². The highest BCUT2D eigenvalue weighted by Crippen LogP contribution is 2.78. The molecule has 4 aliphatic rings. The Morgan fingerprint density at radius 1 is 1.24 bits per heavy atom. The van der Waals surface area contributed by atoms with Gasteiger partial charge in [0.25, 0.3) is 0 Å². The van der Waals surface area contributed by atoms with E-state index in [-0.39, 0.29) is 0 Å².